The summed E-state index contributed by atoms with van der Waals surface area (Å²) in [5.41, 5.74) is -0.226. The highest BCUT2D eigenvalue weighted by Gasteiger charge is 2.35. The van der Waals surface area contributed by atoms with E-state index in [2.05, 4.69) is 17.6 Å². The summed E-state index contributed by atoms with van der Waals surface area (Å²) in [6.45, 7) is 6.24. The molecule has 0 spiro atoms. The molecule has 0 aromatic heterocycles. The molecule has 0 saturated heterocycles. The minimum atomic E-state index is -1.10. The monoisotopic (exact) mass is 306 g/mol. The Morgan fingerprint density at radius 2 is 1.77 bits per heavy atom. The fourth-order valence-electron chi connectivity index (χ4n) is 1.95. The van der Waals surface area contributed by atoms with E-state index in [0.29, 0.717) is 18.8 Å². The molecule has 0 saturated carbocycles. The van der Waals surface area contributed by atoms with Crippen LogP contribution in [-0.2, 0) is 16.1 Å². The summed E-state index contributed by atoms with van der Waals surface area (Å²) in [5.74, 6) is 0.166. The average Bonchev–Trinajstić information content (AvgIpc) is 2.52. The van der Waals surface area contributed by atoms with Gasteiger partial charge in [0.25, 0.3) is 0 Å². The summed E-state index contributed by atoms with van der Waals surface area (Å²) in [6.07, 6.45) is 1.91. The van der Waals surface area contributed by atoms with Crippen LogP contribution in [0, 0.1) is 5.41 Å². The van der Waals surface area contributed by atoms with Crippen molar-refractivity contribution in [3.63, 3.8) is 0 Å². The number of unbranched alkanes of at least 4 members (excludes halogenated alkanes) is 1. The van der Waals surface area contributed by atoms with Crippen LogP contribution in [0.4, 0.5) is 0 Å². The number of rotatable bonds is 8. The summed E-state index contributed by atoms with van der Waals surface area (Å²) in [7, 11) is 1.59. The smallest absolute Gasteiger partial charge is 0.235 e. The number of carbonyl (C=O) groups excluding carboxylic acids is 2. The Bertz CT molecular complexity index is 512. The molecule has 22 heavy (non-hydrogen) atoms. The van der Waals surface area contributed by atoms with E-state index in [1.165, 1.54) is 0 Å². The van der Waals surface area contributed by atoms with Crippen LogP contribution < -0.4 is 15.4 Å². The van der Waals surface area contributed by atoms with Gasteiger partial charge in [0.05, 0.1) is 7.11 Å². The van der Waals surface area contributed by atoms with Gasteiger partial charge in [0.2, 0.25) is 11.8 Å². The van der Waals surface area contributed by atoms with Crippen LogP contribution >= 0.6 is 0 Å². The molecule has 1 rings (SSSR count). The highest BCUT2D eigenvalue weighted by Crippen LogP contribution is 2.19. The highest BCUT2D eigenvalue weighted by atomic mass is 16.5. The summed E-state index contributed by atoms with van der Waals surface area (Å²) >= 11 is 0. The second-order valence-electron chi connectivity index (χ2n) is 5.73. The Morgan fingerprint density at radius 3 is 2.41 bits per heavy atom. The Morgan fingerprint density at radius 1 is 1.14 bits per heavy atom. The third-order valence-corrected chi connectivity index (χ3v) is 3.58. The van der Waals surface area contributed by atoms with Gasteiger partial charge in [0.1, 0.15) is 11.2 Å². The van der Waals surface area contributed by atoms with Crippen LogP contribution in [0.3, 0.4) is 0 Å². The molecule has 0 bridgehead atoms. The number of ether oxygens (including phenoxy) is 1. The first kappa shape index (κ1) is 18.0. The van der Waals surface area contributed by atoms with Crippen molar-refractivity contribution in [3.05, 3.63) is 29.8 Å². The van der Waals surface area contributed by atoms with Gasteiger partial charge in [-0.3, -0.25) is 9.59 Å². The second kappa shape index (κ2) is 8.41. The Labute approximate surface area is 132 Å². The van der Waals surface area contributed by atoms with Crippen LogP contribution in [-0.4, -0.2) is 25.5 Å². The summed E-state index contributed by atoms with van der Waals surface area (Å²) in [6, 6.07) is 7.47. The zero-order chi connectivity index (χ0) is 16.6. The first-order chi connectivity index (χ1) is 10.4. The molecular formula is C17H26N2O3. The lowest BCUT2D eigenvalue weighted by Gasteiger charge is -2.23. The molecule has 1 aromatic rings. The van der Waals surface area contributed by atoms with E-state index in [1.807, 2.05) is 24.3 Å². The molecule has 5 heteroatoms. The van der Waals surface area contributed by atoms with Crippen molar-refractivity contribution >= 4 is 11.8 Å². The number of hydrogen-bond acceptors (Lipinski definition) is 3. The number of benzene rings is 1. The SMILES string of the molecule is CCCCNC(=O)C(C)(C)C(=O)NCc1ccccc1OC. The van der Waals surface area contributed by atoms with Crippen molar-refractivity contribution in [2.75, 3.05) is 13.7 Å². The number of carbonyl (C=O) groups is 2. The quantitative estimate of drug-likeness (QED) is 0.572. The molecule has 0 aliphatic carbocycles. The molecule has 0 aliphatic rings. The normalized spacial score (nSPS) is 10.9. The van der Waals surface area contributed by atoms with E-state index < -0.39 is 5.41 Å². The fraction of sp³-hybridized carbons (Fsp3) is 0.529. The van der Waals surface area contributed by atoms with Crippen LogP contribution in [0.25, 0.3) is 0 Å². The lowest BCUT2D eigenvalue weighted by molar-refractivity contribution is -0.141. The largest absolute Gasteiger partial charge is 0.496 e. The number of para-hydroxylation sites is 1. The molecule has 1 aromatic carbocycles. The van der Waals surface area contributed by atoms with E-state index in [9.17, 15) is 9.59 Å². The standard InChI is InChI=1S/C17H26N2O3/c1-5-6-11-18-15(20)17(2,3)16(21)19-12-13-9-7-8-10-14(13)22-4/h7-10H,5-6,11-12H2,1-4H3,(H,18,20)(H,19,21). The predicted molar refractivity (Wildman–Crippen MR) is 86.5 cm³/mol. The van der Waals surface area contributed by atoms with Gasteiger partial charge in [0.15, 0.2) is 0 Å². The van der Waals surface area contributed by atoms with Crippen molar-refractivity contribution in [1.29, 1.82) is 0 Å². The van der Waals surface area contributed by atoms with Gasteiger partial charge in [-0.1, -0.05) is 31.5 Å². The zero-order valence-corrected chi connectivity index (χ0v) is 13.9. The third kappa shape index (κ3) is 4.76. The van der Waals surface area contributed by atoms with Gasteiger partial charge >= 0.3 is 0 Å². The maximum absolute atomic E-state index is 12.3. The van der Waals surface area contributed by atoms with Crippen molar-refractivity contribution < 1.29 is 14.3 Å². The topological polar surface area (TPSA) is 67.4 Å². The van der Waals surface area contributed by atoms with Gasteiger partial charge in [-0.15, -0.1) is 0 Å². The molecule has 0 unspecified atom stereocenters. The lowest BCUT2D eigenvalue weighted by Crippen LogP contribution is -2.47. The Kier molecular flexibility index (Phi) is 6.89. The molecule has 5 nitrogen and oxygen atoms in total. The number of amides is 2. The van der Waals surface area contributed by atoms with Gasteiger partial charge in [-0.05, 0) is 26.3 Å². The molecule has 0 radical (unpaired) electrons. The van der Waals surface area contributed by atoms with Crippen molar-refractivity contribution in [2.24, 2.45) is 5.41 Å². The zero-order valence-electron chi connectivity index (χ0n) is 13.9. The maximum atomic E-state index is 12.3. The molecule has 0 aliphatic heterocycles. The average molecular weight is 306 g/mol. The second-order valence-corrected chi connectivity index (χ2v) is 5.73. The van der Waals surface area contributed by atoms with E-state index in [4.69, 9.17) is 4.74 Å². The number of methoxy groups -OCH3 is 1. The van der Waals surface area contributed by atoms with E-state index in [-0.39, 0.29) is 11.8 Å². The lowest BCUT2D eigenvalue weighted by atomic mass is 9.91. The van der Waals surface area contributed by atoms with Crippen LogP contribution in [0.15, 0.2) is 24.3 Å². The maximum Gasteiger partial charge on any atom is 0.235 e. The van der Waals surface area contributed by atoms with Crippen LogP contribution in [0.5, 0.6) is 5.75 Å². The van der Waals surface area contributed by atoms with Crippen molar-refractivity contribution in [2.45, 2.75) is 40.2 Å². The van der Waals surface area contributed by atoms with Gasteiger partial charge < -0.3 is 15.4 Å². The molecule has 0 atom stereocenters. The van der Waals surface area contributed by atoms with Crippen molar-refractivity contribution in [1.82, 2.24) is 10.6 Å². The third-order valence-electron chi connectivity index (χ3n) is 3.58. The minimum absolute atomic E-state index is 0.251. The highest BCUT2D eigenvalue weighted by molar-refractivity contribution is 6.04. The van der Waals surface area contributed by atoms with Crippen molar-refractivity contribution in [3.8, 4) is 5.75 Å². The first-order valence-electron chi connectivity index (χ1n) is 7.62. The van der Waals surface area contributed by atoms with Gasteiger partial charge in [0, 0.05) is 18.7 Å². The summed E-state index contributed by atoms with van der Waals surface area (Å²) < 4.78 is 5.25. The number of nitrogens with one attached hydrogen (secondary N) is 2. The van der Waals surface area contributed by atoms with E-state index >= 15 is 0 Å². The van der Waals surface area contributed by atoms with E-state index in [1.54, 1.807) is 21.0 Å². The first-order valence-corrected chi connectivity index (χ1v) is 7.62. The summed E-state index contributed by atoms with van der Waals surface area (Å²) in [4.78, 5) is 24.4. The van der Waals surface area contributed by atoms with Gasteiger partial charge in [-0.2, -0.15) is 0 Å². The molecule has 0 heterocycles. The predicted octanol–water partition coefficient (Wildman–Crippen LogP) is 2.25. The Hall–Kier alpha value is -2.04. The molecule has 0 fully saturated rings. The Balaban J connectivity index is 2.61. The molecule has 2 N–H and O–H groups in total. The van der Waals surface area contributed by atoms with Crippen LogP contribution in [0.2, 0.25) is 0 Å². The minimum Gasteiger partial charge on any atom is -0.496 e. The van der Waals surface area contributed by atoms with Crippen LogP contribution in [0.1, 0.15) is 39.2 Å². The van der Waals surface area contributed by atoms with E-state index in [0.717, 1.165) is 18.4 Å². The molecular weight excluding hydrogens is 280 g/mol. The molecule has 2 amide bonds. The van der Waals surface area contributed by atoms with Gasteiger partial charge in [-0.25, -0.2) is 0 Å². The number of hydrogen-bond donors (Lipinski definition) is 2. The summed E-state index contributed by atoms with van der Waals surface area (Å²) in [5, 5.41) is 5.61. The molecule has 122 valence electrons. The fourth-order valence-corrected chi connectivity index (χ4v) is 1.95.